The summed E-state index contributed by atoms with van der Waals surface area (Å²) in [6, 6.07) is 0. The van der Waals surface area contributed by atoms with Crippen LogP contribution >= 0.6 is 0 Å². The van der Waals surface area contributed by atoms with Gasteiger partial charge < -0.3 is 5.73 Å². The fourth-order valence-electron chi connectivity index (χ4n) is 2.49. The van der Waals surface area contributed by atoms with Gasteiger partial charge in [0.15, 0.2) is 0 Å². The second kappa shape index (κ2) is 11.1. The van der Waals surface area contributed by atoms with Gasteiger partial charge in [0.25, 0.3) is 0 Å². The Hall–Kier alpha value is -0.0400. The molecule has 0 aliphatic rings. The molecular formula is C16H35N. The average molecular weight is 241 g/mol. The molecule has 0 aliphatic carbocycles. The van der Waals surface area contributed by atoms with Gasteiger partial charge in [-0.1, -0.05) is 66.2 Å². The summed E-state index contributed by atoms with van der Waals surface area (Å²) in [6.45, 7) is 10.3. The summed E-state index contributed by atoms with van der Waals surface area (Å²) in [4.78, 5) is 0. The van der Waals surface area contributed by atoms with Crippen LogP contribution in [-0.4, -0.2) is 6.54 Å². The van der Waals surface area contributed by atoms with E-state index in [2.05, 4.69) is 27.7 Å². The van der Waals surface area contributed by atoms with Crippen LogP contribution in [0.4, 0.5) is 0 Å². The summed E-state index contributed by atoms with van der Waals surface area (Å²) in [5, 5.41) is 0. The fraction of sp³-hybridized carbons (Fsp3) is 1.00. The second-order valence-corrected chi connectivity index (χ2v) is 6.21. The van der Waals surface area contributed by atoms with Crippen molar-refractivity contribution in [2.24, 2.45) is 23.5 Å². The first-order chi connectivity index (χ1) is 8.10. The molecule has 0 saturated carbocycles. The Morgan fingerprint density at radius 3 is 2.00 bits per heavy atom. The van der Waals surface area contributed by atoms with Crippen LogP contribution in [0.25, 0.3) is 0 Å². The lowest BCUT2D eigenvalue weighted by molar-refractivity contribution is 0.358. The number of hydrogen-bond acceptors (Lipinski definition) is 1. The highest BCUT2D eigenvalue weighted by atomic mass is 14.5. The van der Waals surface area contributed by atoms with Crippen molar-refractivity contribution in [2.75, 3.05) is 6.54 Å². The number of rotatable bonds is 11. The Kier molecular flexibility index (Phi) is 11.0. The van der Waals surface area contributed by atoms with Gasteiger partial charge in [-0.3, -0.25) is 0 Å². The summed E-state index contributed by atoms with van der Waals surface area (Å²) >= 11 is 0. The van der Waals surface area contributed by atoms with Crippen molar-refractivity contribution >= 4 is 0 Å². The van der Waals surface area contributed by atoms with Gasteiger partial charge in [-0.15, -0.1) is 0 Å². The molecule has 0 amide bonds. The van der Waals surface area contributed by atoms with E-state index in [1.807, 2.05) is 0 Å². The van der Waals surface area contributed by atoms with Crippen LogP contribution in [0, 0.1) is 17.8 Å². The molecular weight excluding hydrogens is 206 g/mol. The van der Waals surface area contributed by atoms with Crippen LogP contribution in [-0.2, 0) is 0 Å². The topological polar surface area (TPSA) is 26.0 Å². The zero-order valence-electron chi connectivity index (χ0n) is 12.7. The first-order valence-corrected chi connectivity index (χ1v) is 7.80. The normalized spacial score (nSPS) is 15.2. The third-order valence-electron chi connectivity index (χ3n) is 3.94. The Morgan fingerprint density at radius 2 is 1.47 bits per heavy atom. The van der Waals surface area contributed by atoms with Crippen LogP contribution in [0.5, 0.6) is 0 Å². The van der Waals surface area contributed by atoms with Crippen LogP contribution in [0.1, 0.15) is 79.1 Å². The molecule has 1 nitrogen and oxygen atoms in total. The summed E-state index contributed by atoms with van der Waals surface area (Å²) in [5.41, 5.74) is 5.54. The predicted molar refractivity (Wildman–Crippen MR) is 79.2 cm³/mol. The summed E-state index contributed by atoms with van der Waals surface area (Å²) in [6.07, 6.45) is 11.0. The number of hydrogen-bond donors (Lipinski definition) is 1. The minimum atomic E-state index is 0.857. The second-order valence-electron chi connectivity index (χ2n) is 6.21. The molecule has 2 N–H and O–H groups in total. The minimum Gasteiger partial charge on any atom is -0.330 e. The maximum Gasteiger partial charge on any atom is -0.00772 e. The predicted octanol–water partition coefficient (Wildman–Crippen LogP) is 4.99. The van der Waals surface area contributed by atoms with E-state index < -0.39 is 0 Å². The molecule has 0 aromatic heterocycles. The van der Waals surface area contributed by atoms with E-state index in [0.29, 0.717) is 0 Å². The number of nitrogens with two attached hydrogens (primary N) is 1. The Balaban J connectivity index is 3.54. The Bertz CT molecular complexity index is 154. The van der Waals surface area contributed by atoms with E-state index in [4.69, 9.17) is 5.73 Å². The maximum absolute atomic E-state index is 5.54. The molecule has 17 heavy (non-hydrogen) atoms. The van der Waals surface area contributed by atoms with E-state index in [0.717, 1.165) is 24.3 Å². The molecule has 0 radical (unpaired) electrons. The average Bonchev–Trinajstić information content (AvgIpc) is 2.30. The molecule has 0 saturated heterocycles. The van der Waals surface area contributed by atoms with E-state index in [1.54, 1.807) is 0 Å². The van der Waals surface area contributed by atoms with Gasteiger partial charge in [-0.2, -0.15) is 0 Å². The maximum atomic E-state index is 5.54. The van der Waals surface area contributed by atoms with Crippen molar-refractivity contribution in [3.63, 3.8) is 0 Å². The SMILES string of the molecule is CC[C@@H](CCC[C@@H](C)CCCN)CCC(C)C. The Labute approximate surface area is 110 Å². The minimum absolute atomic E-state index is 0.857. The molecule has 1 heteroatoms. The van der Waals surface area contributed by atoms with Crippen molar-refractivity contribution in [1.29, 1.82) is 0 Å². The standard InChI is InChI=1S/C16H35N/c1-5-16(12-11-14(2)3)10-6-8-15(4)9-7-13-17/h14-16H,5-13,17H2,1-4H3/t15-,16+/m1/s1. The van der Waals surface area contributed by atoms with Crippen LogP contribution < -0.4 is 5.73 Å². The van der Waals surface area contributed by atoms with Crippen molar-refractivity contribution < 1.29 is 0 Å². The quantitative estimate of drug-likeness (QED) is 0.541. The van der Waals surface area contributed by atoms with Crippen molar-refractivity contribution in [1.82, 2.24) is 0 Å². The zero-order chi connectivity index (χ0) is 13.1. The van der Waals surface area contributed by atoms with E-state index >= 15 is 0 Å². The third-order valence-corrected chi connectivity index (χ3v) is 3.94. The molecule has 0 rings (SSSR count). The van der Waals surface area contributed by atoms with Crippen molar-refractivity contribution in [2.45, 2.75) is 79.1 Å². The smallest absolute Gasteiger partial charge is 0.00772 e. The molecule has 0 fully saturated rings. The van der Waals surface area contributed by atoms with Crippen LogP contribution in [0.15, 0.2) is 0 Å². The lowest BCUT2D eigenvalue weighted by Crippen LogP contribution is -2.05. The first-order valence-electron chi connectivity index (χ1n) is 7.80. The van der Waals surface area contributed by atoms with Crippen LogP contribution in [0.3, 0.4) is 0 Å². The lowest BCUT2D eigenvalue weighted by atomic mass is 9.89. The largest absolute Gasteiger partial charge is 0.330 e. The van der Waals surface area contributed by atoms with Gasteiger partial charge in [-0.25, -0.2) is 0 Å². The van der Waals surface area contributed by atoms with E-state index in [1.165, 1.54) is 51.4 Å². The highest BCUT2D eigenvalue weighted by Gasteiger charge is 2.08. The molecule has 0 aromatic rings. The molecule has 0 spiro atoms. The molecule has 104 valence electrons. The van der Waals surface area contributed by atoms with Crippen molar-refractivity contribution in [3.05, 3.63) is 0 Å². The molecule has 2 atom stereocenters. The summed E-state index contributed by atoms with van der Waals surface area (Å²) in [7, 11) is 0. The molecule has 0 unspecified atom stereocenters. The molecule has 0 aromatic carbocycles. The zero-order valence-corrected chi connectivity index (χ0v) is 12.7. The third kappa shape index (κ3) is 10.8. The lowest BCUT2D eigenvalue weighted by Gasteiger charge is -2.17. The van der Waals surface area contributed by atoms with Gasteiger partial charge in [0.1, 0.15) is 0 Å². The molecule has 0 aliphatic heterocycles. The van der Waals surface area contributed by atoms with Crippen LogP contribution in [0.2, 0.25) is 0 Å². The Morgan fingerprint density at radius 1 is 0.824 bits per heavy atom. The highest BCUT2D eigenvalue weighted by molar-refractivity contribution is 4.62. The monoisotopic (exact) mass is 241 g/mol. The summed E-state index contributed by atoms with van der Waals surface area (Å²) < 4.78 is 0. The van der Waals surface area contributed by atoms with Gasteiger partial charge in [0.2, 0.25) is 0 Å². The molecule has 0 heterocycles. The molecule has 0 bridgehead atoms. The van der Waals surface area contributed by atoms with Gasteiger partial charge in [0.05, 0.1) is 0 Å². The highest BCUT2D eigenvalue weighted by Crippen LogP contribution is 2.23. The van der Waals surface area contributed by atoms with E-state index in [9.17, 15) is 0 Å². The van der Waals surface area contributed by atoms with Gasteiger partial charge >= 0.3 is 0 Å². The van der Waals surface area contributed by atoms with Gasteiger partial charge in [0, 0.05) is 0 Å². The van der Waals surface area contributed by atoms with E-state index in [-0.39, 0.29) is 0 Å². The fourth-order valence-corrected chi connectivity index (χ4v) is 2.49. The van der Waals surface area contributed by atoms with Crippen molar-refractivity contribution in [3.8, 4) is 0 Å². The van der Waals surface area contributed by atoms with Gasteiger partial charge in [-0.05, 0) is 37.1 Å². The summed E-state index contributed by atoms with van der Waals surface area (Å²) in [5.74, 6) is 2.72. The first kappa shape index (κ1) is 17.0.